The quantitative estimate of drug-likeness (QED) is 0.715. The Morgan fingerprint density at radius 3 is 1.68 bits per heavy atom. The van der Waals surface area contributed by atoms with Crippen molar-refractivity contribution in [1.29, 1.82) is 0 Å². The molecule has 0 unspecified atom stereocenters. The van der Waals surface area contributed by atoms with Gasteiger partial charge in [-0.25, -0.2) is 0 Å². The van der Waals surface area contributed by atoms with E-state index in [2.05, 4.69) is 25.7 Å². The van der Waals surface area contributed by atoms with Gasteiger partial charge in [0.2, 0.25) is 0 Å². The van der Waals surface area contributed by atoms with Crippen LogP contribution in [0.1, 0.15) is 54.9 Å². The van der Waals surface area contributed by atoms with Crippen LogP contribution in [0.2, 0.25) is 0 Å². The first kappa shape index (κ1) is 21.1. The van der Waals surface area contributed by atoms with Crippen molar-refractivity contribution in [3.8, 4) is 0 Å². The van der Waals surface area contributed by atoms with Crippen molar-refractivity contribution < 1.29 is 14.9 Å². The molecule has 0 bridgehead atoms. The molecule has 0 spiro atoms. The molecule has 0 fully saturated rings. The smallest absolute Gasteiger partial charge is 0.0824 e. The first-order chi connectivity index (χ1) is 8.61. The third-order valence-corrected chi connectivity index (χ3v) is 2.98. The molecule has 0 aromatic carbocycles. The molecule has 0 rings (SSSR count). The number of hydrogen-bond donors (Lipinski definition) is 2. The molecule has 0 radical (unpaired) electrons. The molecule has 4 heteroatoms. The van der Waals surface area contributed by atoms with Crippen LogP contribution >= 0.6 is 0 Å². The van der Waals surface area contributed by atoms with Crippen molar-refractivity contribution in [2.45, 2.75) is 66.1 Å². The highest BCUT2D eigenvalue weighted by Gasteiger charge is 2.20. The van der Waals surface area contributed by atoms with E-state index in [9.17, 15) is 5.11 Å². The number of aliphatic hydroxyl groups is 2. The fourth-order valence-corrected chi connectivity index (χ4v) is 1.16. The SMILES string of the molecule is CCC(C)(C)OCC(C)(C)O.CCN(CC)CCO. The van der Waals surface area contributed by atoms with Crippen LogP contribution in [-0.4, -0.2) is 59.2 Å². The average molecular weight is 277 g/mol. The predicted octanol–water partition coefficient (Wildman–Crippen LogP) is 2.28. The molecule has 0 aliphatic carbocycles. The summed E-state index contributed by atoms with van der Waals surface area (Å²) in [6.07, 6.45) is 0.961. The summed E-state index contributed by atoms with van der Waals surface area (Å²) in [6.45, 7) is 17.4. The maximum absolute atomic E-state index is 9.35. The Kier molecular flexibility index (Phi) is 11.8. The number of hydrogen-bond acceptors (Lipinski definition) is 4. The highest BCUT2D eigenvalue weighted by Crippen LogP contribution is 2.16. The lowest BCUT2D eigenvalue weighted by Gasteiger charge is -2.27. The molecule has 0 aliphatic rings. The van der Waals surface area contributed by atoms with Crippen molar-refractivity contribution in [2.24, 2.45) is 0 Å². The minimum Gasteiger partial charge on any atom is -0.395 e. The van der Waals surface area contributed by atoms with Crippen LogP contribution in [0.25, 0.3) is 0 Å². The van der Waals surface area contributed by atoms with E-state index in [0.717, 1.165) is 26.1 Å². The summed E-state index contributed by atoms with van der Waals surface area (Å²) in [7, 11) is 0. The average Bonchev–Trinajstić information content (AvgIpc) is 2.34. The van der Waals surface area contributed by atoms with Gasteiger partial charge in [0.1, 0.15) is 0 Å². The second-order valence-electron chi connectivity index (χ2n) is 5.96. The van der Waals surface area contributed by atoms with E-state index in [4.69, 9.17) is 9.84 Å². The molecule has 0 aromatic rings. The highest BCUT2D eigenvalue weighted by atomic mass is 16.5. The van der Waals surface area contributed by atoms with E-state index in [1.807, 2.05) is 13.8 Å². The number of aliphatic hydroxyl groups excluding tert-OH is 1. The van der Waals surface area contributed by atoms with Gasteiger partial charge in [0.15, 0.2) is 0 Å². The third-order valence-electron chi connectivity index (χ3n) is 2.98. The lowest BCUT2D eigenvalue weighted by Crippen LogP contribution is -2.33. The van der Waals surface area contributed by atoms with Crippen LogP contribution in [0.4, 0.5) is 0 Å². The minimum atomic E-state index is -0.716. The van der Waals surface area contributed by atoms with Gasteiger partial charge in [-0.05, 0) is 47.2 Å². The molecule has 118 valence electrons. The highest BCUT2D eigenvalue weighted by molar-refractivity contribution is 4.70. The van der Waals surface area contributed by atoms with E-state index >= 15 is 0 Å². The normalized spacial score (nSPS) is 12.3. The third kappa shape index (κ3) is 15.8. The topological polar surface area (TPSA) is 52.9 Å². The van der Waals surface area contributed by atoms with Gasteiger partial charge in [-0.1, -0.05) is 20.8 Å². The zero-order valence-electron chi connectivity index (χ0n) is 14.0. The van der Waals surface area contributed by atoms with Crippen molar-refractivity contribution in [1.82, 2.24) is 4.90 Å². The molecule has 0 aliphatic heterocycles. The van der Waals surface area contributed by atoms with Crippen LogP contribution in [0.15, 0.2) is 0 Å². The fourth-order valence-electron chi connectivity index (χ4n) is 1.16. The largest absolute Gasteiger partial charge is 0.395 e. The molecule has 4 nitrogen and oxygen atoms in total. The zero-order chi connectivity index (χ0) is 15.5. The number of ether oxygens (including phenoxy) is 1. The van der Waals surface area contributed by atoms with Gasteiger partial charge >= 0.3 is 0 Å². The summed E-state index contributed by atoms with van der Waals surface area (Å²) in [5, 5.41) is 17.8. The predicted molar refractivity (Wildman–Crippen MR) is 81.5 cm³/mol. The molecule has 0 heterocycles. The van der Waals surface area contributed by atoms with Crippen LogP contribution in [-0.2, 0) is 4.74 Å². The van der Waals surface area contributed by atoms with Crippen molar-refractivity contribution in [3.05, 3.63) is 0 Å². The van der Waals surface area contributed by atoms with E-state index in [0.29, 0.717) is 6.61 Å². The van der Waals surface area contributed by atoms with Crippen molar-refractivity contribution in [2.75, 3.05) is 32.8 Å². The summed E-state index contributed by atoms with van der Waals surface area (Å²) in [5.41, 5.74) is -0.827. The monoisotopic (exact) mass is 277 g/mol. The number of rotatable bonds is 8. The van der Waals surface area contributed by atoms with Crippen molar-refractivity contribution >= 4 is 0 Å². The summed E-state index contributed by atoms with van der Waals surface area (Å²) >= 11 is 0. The van der Waals surface area contributed by atoms with E-state index < -0.39 is 5.60 Å². The van der Waals surface area contributed by atoms with Crippen LogP contribution in [0.5, 0.6) is 0 Å². The number of nitrogens with zero attached hydrogens (tertiary/aromatic N) is 1. The van der Waals surface area contributed by atoms with Gasteiger partial charge in [-0.15, -0.1) is 0 Å². The lowest BCUT2D eigenvalue weighted by molar-refractivity contribution is -0.0920. The second kappa shape index (κ2) is 10.6. The summed E-state index contributed by atoms with van der Waals surface area (Å²) in [5.74, 6) is 0. The second-order valence-corrected chi connectivity index (χ2v) is 5.96. The van der Waals surface area contributed by atoms with Gasteiger partial charge in [-0.3, -0.25) is 0 Å². The Morgan fingerprint density at radius 2 is 1.47 bits per heavy atom. The maximum atomic E-state index is 9.35. The Labute approximate surface area is 119 Å². The Morgan fingerprint density at radius 1 is 1.00 bits per heavy atom. The van der Waals surface area contributed by atoms with Gasteiger partial charge in [0.05, 0.1) is 24.4 Å². The van der Waals surface area contributed by atoms with Crippen LogP contribution in [0.3, 0.4) is 0 Å². The molecular weight excluding hydrogens is 242 g/mol. The molecule has 0 saturated heterocycles. The van der Waals surface area contributed by atoms with Crippen LogP contribution in [0, 0.1) is 0 Å². The first-order valence-electron chi connectivity index (χ1n) is 7.31. The lowest BCUT2D eigenvalue weighted by atomic mass is 10.1. The zero-order valence-corrected chi connectivity index (χ0v) is 14.0. The van der Waals surface area contributed by atoms with Gasteiger partial charge in [0.25, 0.3) is 0 Å². The summed E-state index contributed by atoms with van der Waals surface area (Å²) < 4.78 is 5.49. The molecule has 2 N–H and O–H groups in total. The maximum Gasteiger partial charge on any atom is 0.0824 e. The summed E-state index contributed by atoms with van der Waals surface area (Å²) in [6, 6.07) is 0. The molecule has 19 heavy (non-hydrogen) atoms. The van der Waals surface area contributed by atoms with E-state index in [1.54, 1.807) is 13.8 Å². The molecule has 0 saturated carbocycles. The van der Waals surface area contributed by atoms with Gasteiger partial charge in [-0.2, -0.15) is 0 Å². The minimum absolute atomic E-state index is 0.111. The van der Waals surface area contributed by atoms with Gasteiger partial charge < -0.3 is 19.8 Å². The van der Waals surface area contributed by atoms with Gasteiger partial charge in [0, 0.05) is 6.54 Å². The fraction of sp³-hybridized carbons (Fsp3) is 1.00. The van der Waals surface area contributed by atoms with E-state index in [1.165, 1.54) is 0 Å². The molecular formula is C15H35NO3. The summed E-state index contributed by atoms with van der Waals surface area (Å²) in [4.78, 5) is 2.18. The van der Waals surface area contributed by atoms with E-state index in [-0.39, 0.29) is 12.2 Å². The Bertz CT molecular complexity index is 196. The molecule has 0 aromatic heterocycles. The Balaban J connectivity index is 0. The van der Waals surface area contributed by atoms with Crippen molar-refractivity contribution in [3.63, 3.8) is 0 Å². The first-order valence-corrected chi connectivity index (χ1v) is 7.31. The number of likely N-dealkylation sites (N-methyl/N-ethyl adjacent to an activating group) is 1. The standard InChI is InChI=1S/C9H20O2.C6H15NO/c1-6-9(4,5)11-7-8(2,3)10;1-3-7(4-2)5-6-8/h10H,6-7H2,1-5H3;8H,3-6H2,1-2H3. The Hall–Kier alpha value is -0.160. The molecule has 0 amide bonds. The molecule has 0 atom stereocenters. The van der Waals surface area contributed by atoms with Crippen LogP contribution < -0.4 is 0 Å².